The highest BCUT2D eigenvalue weighted by Gasteiger charge is 2.19. The maximum atomic E-state index is 3.94. The molecule has 0 radical (unpaired) electrons. The predicted molar refractivity (Wildman–Crippen MR) is 34.2 cm³/mol. The average Bonchev–Trinajstić information content (AvgIpc) is 2.11. The lowest BCUT2D eigenvalue weighted by atomic mass is 10.0. The fourth-order valence-electron chi connectivity index (χ4n) is 0.998. The summed E-state index contributed by atoms with van der Waals surface area (Å²) in [7, 11) is 0. The smallest absolute Gasteiger partial charge is 0.0921 e. The summed E-state index contributed by atoms with van der Waals surface area (Å²) in [6, 6.07) is 0. The zero-order chi connectivity index (χ0) is 6.10. The Bertz CT molecular complexity index is 176. The van der Waals surface area contributed by atoms with Crippen LogP contribution in [0.25, 0.3) is 0 Å². The molecule has 3 nitrogen and oxygen atoms in total. The quantitative estimate of drug-likeness (QED) is 0.556. The molecule has 0 unspecified atom stereocenters. The lowest BCUT2D eigenvalue weighted by Gasteiger charge is -2.25. The number of hydrogen-bond donors (Lipinski definition) is 2. The van der Waals surface area contributed by atoms with E-state index in [1.165, 1.54) is 5.69 Å². The van der Waals surface area contributed by atoms with Gasteiger partial charge in [0.15, 0.2) is 0 Å². The molecular formula is C6H9N3. The van der Waals surface area contributed by atoms with Gasteiger partial charge in [0.2, 0.25) is 0 Å². The van der Waals surface area contributed by atoms with Crippen molar-refractivity contribution in [3.63, 3.8) is 0 Å². The van der Waals surface area contributed by atoms with Crippen molar-refractivity contribution in [1.82, 2.24) is 15.3 Å². The average molecular weight is 123 g/mol. The van der Waals surface area contributed by atoms with Crippen molar-refractivity contribution in [3.05, 3.63) is 18.2 Å². The molecule has 1 fully saturated rings. The van der Waals surface area contributed by atoms with Gasteiger partial charge >= 0.3 is 0 Å². The van der Waals surface area contributed by atoms with E-state index in [-0.39, 0.29) is 0 Å². The number of rotatable bonds is 1. The summed E-state index contributed by atoms with van der Waals surface area (Å²) >= 11 is 0. The number of hydrogen-bond acceptors (Lipinski definition) is 2. The minimum Gasteiger partial charge on any atom is -0.348 e. The number of aromatic nitrogens is 2. The van der Waals surface area contributed by atoms with Gasteiger partial charge in [-0.05, 0) is 0 Å². The van der Waals surface area contributed by atoms with E-state index in [9.17, 15) is 0 Å². The molecule has 0 bridgehead atoms. The minimum absolute atomic E-state index is 0.687. The summed E-state index contributed by atoms with van der Waals surface area (Å²) in [5.74, 6) is 0.687. The van der Waals surface area contributed by atoms with Crippen molar-refractivity contribution < 1.29 is 0 Å². The fraction of sp³-hybridized carbons (Fsp3) is 0.500. The molecule has 0 atom stereocenters. The third-order valence-corrected chi connectivity index (χ3v) is 1.74. The standard InChI is InChI=1S/C6H9N3/c1-5(2-7-1)6-3-8-4-9-6/h3-5,7H,1-2H2,(H,8,9). The van der Waals surface area contributed by atoms with Crippen LogP contribution < -0.4 is 5.32 Å². The maximum Gasteiger partial charge on any atom is 0.0921 e. The van der Waals surface area contributed by atoms with Crippen molar-refractivity contribution >= 4 is 0 Å². The summed E-state index contributed by atoms with van der Waals surface area (Å²) in [6.45, 7) is 2.20. The Morgan fingerprint density at radius 2 is 2.44 bits per heavy atom. The molecule has 1 saturated heterocycles. The first-order valence-electron chi connectivity index (χ1n) is 3.16. The summed E-state index contributed by atoms with van der Waals surface area (Å²) < 4.78 is 0. The number of imidazole rings is 1. The Hall–Kier alpha value is -0.830. The van der Waals surface area contributed by atoms with Crippen LogP contribution in [0.5, 0.6) is 0 Å². The Balaban J connectivity index is 2.14. The molecule has 1 aromatic rings. The van der Waals surface area contributed by atoms with Gasteiger partial charge in [-0.2, -0.15) is 0 Å². The van der Waals surface area contributed by atoms with Gasteiger partial charge in [-0.3, -0.25) is 0 Å². The number of nitrogens with one attached hydrogen (secondary N) is 2. The van der Waals surface area contributed by atoms with Gasteiger partial charge in [0.05, 0.1) is 6.33 Å². The molecule has 0 amide bonds. The second-order valence-electron chi connectivity index (χ2n) is 2.36. The van der Waals surface area contributed by atoms with E-state index < -0.39 is 0 Å². The highest BCUT2D eigenvalue weighted by molar-refractivity contribution is 5.08. The van der Waals surface area contributed by atoms with Crippen LogP contribution >= 0.6 is 0 Å². The SMILES string of the molecule is c1ncc(C2CNC2)[nH]1. The Morgan fingerprint density at radius 3 is 2.89 bits per heavy atom. The largest absolute Gasteiger partial charge is 0.348 e. The van der Waals surface area contributed by atoms with Crippen LogP contribution in [0.3, 0.4) is 0 Å². The van der Waals surface area contributed by atoms with Gasteiger partial charge in [0.1, 0.15) is 0 Å². The zero-order valence-electron chi connectivity index (χ0n) is 5.09. The molecule has 1 aliphatic rings. The van der Waals surface area contributed by atoms with Crippen molar-refractivity contribution in [3.8, 4) is 0 Å². The molecule has 0 saturated carbocycles. The Labute approximate surface area is 53.5 Å². The number of aromatic amines is 1. The molecule has 48 valence electrons. The summed E-state index contributed by atoms with van der Waals surface area (Å²) in [6.07, 6.45) is 3.62. The molecule has 1 aromatic heterocycles. The highest BCUT2D eigenvalue weighted by atomic mass is 15.0. The first kappa shape index (κ1) is 4.99. The van der Waals surface area contributed by atoms with Gasteiger partial charge < -0.3 is 10.3 Å². The molecule has 2 N–H and O–H groups in total. The van der Waals surface area contributed by atoms with Gasteiger partial charge in [-0.25, -0.2) is 4.98 Å². The fourth-order valence-corrected chi connectivity index (χ4v) is 0.998. The van der Waals surface area contributed by atoms with E-state index in [1.54, 1.807) is 6.33 Å². The summed E-state index contributed by atoms with van der Waals surface area (Å²) in [5, 5.41) is 3.20. The lowest BCUT2D eigenvalue weighted by Crippen LogP contribution is -2.40. The predicted octanol–water partition coefficient (Wildman–Crippen LogP) is 0.0965. The third-order valence-electron chi connectivity index (χ3n) is 1.74. The Morgan fingerprint density at radius 1 is 1.56 bits per heavy atom. The molecule has 2 rings (SSSR count). The first-order valence-corrected chi connectivity index (χ1v) is 3.16. The first-order chi connectivity index (χ1) is 4.47. The van der Waals surface area contributed by atoms with Crippen LogP contribution in [0.2, 0.25) is 0 Å². The van der Waals surface area contributed by atoms with Crippen LogP contribution in [0.15, 0.2) is 12.5 Å². The number of nitrogens with zero attached hydrogens (tertiary/aromatic N) is 1. The topological polar surface area (TPSA) is 40.7 Å². The number of H-pyrrole nitrogens is 1. The summed E-state index contributed by atoms with van der Waals surface area (Å²) in [5.41, 5.74) is 1.26. The van der Waals surface area contributed by atoms with Crippen LogP contribution in [0.1, 0.15) is 11.6 Å². The zero-order valence-corrected chi connectivity index (χ0v) is 5.09. The third kappa shape index (κ3) is 0.733. The monoisotopic (exact) mass is 123 g/mol. The molecule has 9 heavy (non-hydrogen) atoms. The molecule has 0 spiro atoms. The van der Waals surface area contributed by atoms with Gasteiger partial charge in [-0.15, -0.1) is 0 Å². The van der Waals surface area contributed by atoms with Gasteiger partial charge in [0.25, 0.3) is 0 Å². The van der Waals surface area contributed by atoms with Crippen LogP contribution in [-0.2, 0) is 0 Å². The van der Waals surface area contributed by atoms with Crippen molar-refractivity contribution in [2.75, 3.05) is 13.1 Å². The molecular weight excluding hydrogens is 114 g/mol. The summed E-state index contributed by atoms with van der Waals surface area (Å²) in [4.78, 5) is 7.03. The van der Waals surface area contributed by atoms with E-state index >= 15 is 0 Å². The molecule has 3 heteroatoms. The van der Waals surface area contributed by atoms with Crippen LogP contribution in [-0.4, -0.2) is 23.1 Å². The normalized spacial score (nSPS) is 19.6. The van der Waals surface area contributed by atoms with Crippen molar-refractivity contribution in [2.45, 2.75) is 5.92 Å². The van der Waals surface area contributed by atoms with E-state index in [0.29, 0.717) is 5.92 Å². The van der Waals surface area contributed by atoms with E-state index in [2.05, 4.69) is 15.3 Å². The van der Waals surface area contributed by atoms with E-state index in [1.807, 2.05) is 6.20 Å². The molecule has 2 heterocycles. The van der Waals surface area contributed by atoms with Crippen LogP contribution in [0.4, 0.5) is 0 Å². The maximum absolute atomic E-state index is 3.94. The Kier molecular flexibility index (Phi) is 1.02. The minimum atomic E-state index is 0.687. The second-order valence-corrected chi connectivity index (χ2v) is 2.36. The van der Waals surface area contributed by atoms with E-state index in [4.69, 9.17) is 0 Å². The van der Waals surface area contributed by atoms with Gasteiger partial charge in [0, 0.05) is 30.9 Å². The molecule has 1 aliphatic heterocycles. The van der Waals surface area contributed by atoms with Crippen molar-refractivity contribution in [2.24, 2.45) is 0 Å². The van der Waals surface area contributed by atoms with Crippen molar-refractivity contribution in [1.29, 1.82) is 0 Å². The van der Waals surface area contributed by atoms with Crippen LogP contribution in [0, 0.1) is 0 Å². The second kappa shape index (κ2) is 1.84. The van der Waals surface area contributed by atoms with E-state index in [0.717, 1.165) is 13.1 Å². The highest BCUT2D eigenvalue weighted by Crippen LogP contribution is 2.15. The molecule has 0 aliphatic carbocycles. The lowest BCUT2D eigenvalue weighted by molar-refractivity contribution is 0.441. The van der Waals surface area contributed by atoms with Gasteiger partial charge in [-0.1, -0.05) is 0 Å². The molecule has 0 aromatic carbocycles.